The number of aliphatic hydroxyl groups is 1. The van der Waals surface area contributed by atoms with E-state index in [4.69, 9.17) is 0 Å². The molecule has 2 N–H and O–H groups in total. The number of aliphatic hydroxyl groups excluding tert-OH is 1. The molecule has 25 heavy (non-hydrogen) atoms. The van der Waals surface area contributed by atoms with Gasteiger partial charge in [-0.15, -0.1) is 0 Å². The topological polar surface area (TPSA) is 35.5 Å². The SMILES string of the molecule is Cc1cccc(NC2CCN(CC(O)c3c(F)cccc3F)CC2)c1. The van der Waals surface area contributed by atoms with Crippen LogP contribution in [0.4, 0.5) is 14.5 Å². The molecule has 1 fully saturated rings. The normalized spacial score (nSPS) is 17.4. The second-order valence-electron chi connectivity index (χ2n) is 6.74. The molecule has 2 aromatic rings. The number of likely N-dealkylation sites (tertiary alicyclic amines) is 1. The van der Waals surface area contributed by atoms with Gasteiger partial charge in [-0.2, -0.15) is 0 Å². The molecule has 0 amide bonds. The lowest BCUT2D eigenvalue weighted by molar-refractivity contribution is 0.0937. The van der Waals surface area contributed by atoms with E-state index < -0.39 is 17.7 Å². The molecule has 1 atom stereocenters. The fraction of sp³-hybridized carbons (Fsp3) is 0.400. The number of benzene rings is 2. The maximum atomic E-state index is 13.8. The second kappa shape index (κ2) is 7.93. The van der Waals surface area contributed by atoms with Crippen LogP contribution in [-0.4, -0.2) is 35.7 Å². The Morgan fingerprint density at radius 2 is 1.76 bits per heavy atom. The third-order valence-electron chi connectivity index (χ3n) is 4.74. The number of aryl methyl sites for hydroxylation is 1. The predicted molar refractivity (Wildman–Crippen MR) is 95.6 cm³/mol. The van der Waals surface area contributed by atoms with Crippen molar-refractivity contribution in [1.29, 1.82) is 0 Å². The zero-order chi connectivity index (χ0) is 17.8. The molecule has 1 aliphatic heterocycles. The Morgan fingerprint density at radius 1 is 1.12 bits per heavy atom. The Hall–Kier alpha value is -1.98. The van der Waals surface area contributed by atoms with Crippen molar-refractivity contribution in [3.63, 3.8) is 0 Å². The minimum atomic E-state index is -1.15. The molecule has 3 rings (SSSR count). The van der Waals surface area contributed by atoms with Crippen LogP contribution in [0.25, 0.3) is 0 Å². The molecule has 1 aliphatic rings. The number of nitrogens with zero attached hydrogens (tertiary/aromatic N) is 1. The molecule has 0 aromatic heterocycles. The van der Waals surface area contributed by atoms with E-state index in [-0.39, 0.29) is 12.1 Å². The molecule has 0 spiro atoms. The summed E-state index contributed by atoms with van der Waals surface area (Å²) >= 11 is 0. The Balaban J connectivity index is 1.52. The third kappa shape index (κ3) is 4.55. The van der Waals surface area contributed by atoms with Crippen molar-refractivity contribution in [2.24, 2.45) is 0 Å². The number of nitrogens with one attached hydrogen (secondary N) is 1. The van der Waals surface area contributed by atoms with Crippen molar-refractivity contribution in [2.45, 2.75) is 31.9 Å². The van der Waals surface area contributed by atoms with Crippen LogP contribution < -0.4 is 5.32 Å². The van der Waals surface area contributed by atoms with Gasteiger partial charge in [0.1, 0.15) is 11.6 Å². The smallest absolute Gasteiger partial charge is 0.131 e. The monoisotopic (exact) mass is 346 g/mol. The van der Waals surface area contributed by atoms with Gasteiger partial charge >= 0.3 is 0 Å². The molecular weight excluding hydrogens is 322 g/mol. The highest BCUT2D eigenvalue weighted by molar-refractivity contribution is 5.46. The van der Waals surface area contributed by atoms with Gasteiger partial charge in [-0.05, 0) is 49.6 Å². The summed E-state index contributed by atoms with van der Waals surface area (Å²) < 4.78 is 27.5. The van der Waals surface area contributed by atoms with Crippen LogP contribution in [0.15, 0.2) is 42.5 Å². The molecule has 5 heteroatoms. The van der Waals surface area contributed by atoms with E-state index in [9.17, 15) is 13.9 Å². The first-order chi connectivity index (χ1) is 12.0. The summed E-state index contributed by atoms with van der Waals surface area (Å²) in [6.07, 6.45) is 0.711. The Kier molecular flexibility index (Phi) is 5.66. The summed E-state index contributed by atoms with van der Waals surface area (Å²) in [6.45, 7) is 3.89. The Labute approximate surface area is 147 Å². The molecule has 0 saturated carbocycles. The van der Waals surface area contributed by atoms with Crippen molar-refractivity contribution in [2.75, 3.05) is 25.0 Å². The number of hydrogen-bond acceptors (Lipinski definition) is 3. The van der Waals surface area contributed by atoms with Gasteiger partial charge in [0.2, 0.25) is 0 Å². The highest BCUT2D eigenvalue weighted by Crippen LogP contribution is 2.24. The minimum Gasteiger partial charge on any atom is -0.387 e. The number of hydrogen-bond donors (Lipinski definition) is 2. The standard InChI is InChI=1S/C20H24F2N2O/c1-14-4-2-5-16(12-14)23-15-8-10-24(11-9-15)13-19(25)20-17(21)6-3-7-18(20)22/h2-7,12,15,19,23,25H,8-11,13H2,1H3. The fourth-order valence-electron chi connectivity index (χ4n) is 3.40. The maximum absolute atomic E-state index is 13.8. The van der Waals surface area contributed by atoms with E-state index in [1.165, 1.54) is 23.8 Å². The van der Waals surface area contributed by atoms with E-state index >= 15 is 0 Å². The number of rotatable bonds is 5. The molecule has 1 saturated heterocycles. The number of halogens is 2. The second-order valence-corrected chi connectivity index (χ2v) is 6.74. The zero-order valence-corrected chi connectivity index (χ0v) is 14.4. The van der Waals surface area contributed by atoms with Crippen LogP contribution >= 0.6 is 0 Å². The average molecular weight is 346 g/mol. The molecule has 0 aliphatic carbocycles. The van der Waals surface area contributed by atoms with Gasteiger partial charge in [-0.3, -0.25) is 0 Å². The third-order valence-corrected chi connectivity index (χ3v) is 4.74. The highest BCUT2D eigenvalue weighted by atomic mass is 19.1. The first-order valence-corrected chi connectivity index (χ1v) is 8.70. The number of anilines is 1. The molecule has 134 valence electrons. The van der Waals surface area contributed by atoms with Crippen LogP contribution in [0.1, 0.15) is 30.1 Å². The highest BCUT2D eigenvalue weighted by Gasteiger charge is 2.24. The van der Waals surface area contributed by atoms with Crippen molar-refractivity contribution in [3.05, 3.63) is 65.2 Å². The zero-order valence-electron chi connectivity index (χ0n) is 14.4. The van der Waals surface area contributed by atoms with E-state index in [2.05, 4.69) is 35.3 Å². The summed E-state index contributed by atoms with van der Waals surface area (Å²) in [7, 11) is 0. The van der Waals surface area contributed by atoms with E-state index in [0.29, 0.717) is 6.04 Å². The first-order valence-electron chi connectivity index (χ1n) is 8.70. The van der Waals surface area contributed by atoms with Gasteiger partial charge in [0.15, 0.2) is 0 Å². The van der Waals surface area contributed by atoms with E-state index in [0.717, 1.165) is 31.6 Å². The lowest BCUT2D eigenvalue weighted by Crippen LogP contribution is -2.41. The van der Waals surface area contributed by atoms with Crippen molar-refractivity contribution < 1.29 is 13.9 Å². The molecular formula is C20H24F2N2O. The minimum absolute atomic E-state index is 0.234. The maximum Gasteiger partial charge on any atom is 0.131 e. The van der Waals surface area contributed by atoms with Gasteiger partial charge < -0.3 is 15.3 Å². The molecule has 2 aromatic carbocycles. The van der Waals surface area contributed by atoms with Crippen LogP contribution in [0, 0.1) is 18.6 Å². The number of β-amino-alcohol motifs (C(OH)–C–C–N with tert-alkyl or cyclic N) is 1. The fourth-order valence-corrected chi connectivity index (χ4v) is 3.40. The molecule has 0 radical (unpaired) electrons. The summed E-state index contributed by atoms with van der Waals surface area (Å²) in [5.74, 6) is -1.38. The summed E-state index contributed by atoms with van der Waals surface area (Å²) in [5.41, 5.74) is 2.10. The van der Waals surface area contributed by atoms with Gasteiger partial charge in [0, 0.05) is 31.4 Å². The average Bonchev–Trinajstić information content (AvgIpc) is 2.56. The summed E-state index contributed by atoms with van der Waals surface area (Å²) in [6, 6.07) is 12.3. The van der Waals surface area contributed by atoms with Crippen LogP contribution in [0.3, 0.4) is 0 Å². The summed E-state index contributed by atoms with van der Waals surface area (Å²) in [5, 5.41) is 13.8. The lowest BCUT2D eigenvalue weighted by Gasteiger charge is -2.34. The molecule has 1 heterocycles. The Bertz CT molecular complexity index is 694. The van der Waals surface area contributed by atoms with Gasteiger partial charge in [0.25, 0.3) is 0 Å². The van der Waals surface area contributed by atoms with Crippen molar-refractivity contribution in [3.8, 4) is 0 Å². The first kappa shape index (κ1) is 17.8. The van der Waals surface area contributed by atoms with E-state index in [1.807, 2.05) is 6.07 Å². The van der Waals surface area contributed by atoms with Crippen molar-refractivity contribution in [1.82, 2.24) is 4.90 Å². The largest absolute Gasteiger partial charge is 0.387 e. The Morgan fingerprint density at radius 3 is 2.40 bits per heavy atom. The lowest BCUT2D eigenvalue weighted by atomic mass is 10.0. The van der Waals surface area contributed by atoms with Gasteiger partial charge in [-0.25, -0.2) is 8.78 Å². The van der Waals surface area contributed by atoms with E-state index in [1.54, 1.807) is 0 Å². The van der Waals surface area contributed by atoms with Crippen LogP contribution in [0.2, 0.25) is 0 Å². The molecule has 3 nitrogen and oxygen atoms in total. The van der Waals surface area contributed by atoms with Crippen LogP contribution in [-0.2, 0) is 0 Å². The molecule has 0 bridgehead atoms. The molecule has 1 unspecified atom stereocenters. The summed E-state index contributed by atoms with van der Waals surface area (Å²) in [4.78, 5) is 2.06. The number of piperidine rings is 1. The van der Waals surface area contributed by atoms with Gasteiger partial charge in [0.05, 0.1) is 11.7 Å². The van der Waals surface area contributed by atoms with Crippen molar-refractivity contribution >= 4 is 5.69 Å². The quantitative estimate of drug-likeness (QED) is 0.862. The predicted octanol–water partition coefficient (Wildman–Crippen LogP) is 3.88. The van der Waals surface area contributed by atoms with Gasteiger partial charge in [-0.1, -0.05) is 18.2 Å². The van der Waals surface area contributed by atoms with Crippen LogP contribution in [0.5, 0.6) is 0 Å².